The van der Waals surface area contributed by atoms with Crippen LogP contribution in [0.4, 0.5) is 0 Å². The van der Waals surface area contributed by atoms with Gasteiger partial charge in [-0.2, -0.15) is 0 Å². The Kier molecular flexibility index (Phi) is 7.58. The Balaban J connectivity index is 2.67. The first-order valence-corrected chi connectivity index (χ1v) is 9.63. The highest BCUT2D eigenvalue weighted by Gasteiger charge is 2.50. The zero-order valence-corrected chi connectivity index (χ0v) is 17.1. The van der Waals surface area contributed by atoms with Crippen LogP contribution in [0.3, 0.4) is 0 Å². The predicted molar refractivity (Wildman–Crippen MR) is 105 cm³/mol. The van der Waals surface area contributed by atoms with Crippen LogP contribution in [0.1, 0.15) is 87.0 Å². The first-order valence-electron chi connectivity index (χ1n) is 9.63. The van der Waals surface area contributed by atoms with Gasteiger partial charge in [-0.25, -0.2) is 0 Å². The second-order valence-electron chi connectivity index (χ2n) is 8.89. The lowest BCUT2D eigenvalue weighted by Crippen LogP contribution is -2.49. The quantitative estimate of drug-likeness (QED) is 0.455. The van der Waals surface area contributed by atoms with Crippen molar-refractivity contribution >= 4 is 0 Å². The van der Waals surface area contributed by atoms with Gasteiger partial charge in [0.2, 0.25) is 0 Å². The van der Waals surface area contributed by atoms with Crippen LogP contribution in [0.25, 0.3) is 0 Å². The van der Waals surface area contributed by atoms with Crippen LogP contribution in [0, 0.1) is 10.8 Å². The van der Waals surface area contributed by atoms with Crippen molar-refractivity contribution in [3.63, 3.8) is 0 Å². The number of likely N-dealkylation sites (N-methyl/N-ethyl adjacent to an activating group) is 1. The zero-order chi connectivity index (χ0) is 17.7. The van der Waals surface area contributed by atoms with E-state index in [0.29, 0.717) is 16.9 Å². The summed E-state index contributed by atoms with van der Waals surface area (Å²) < 4.78 is 0. The molecular weight excluding hydrogens is 278 g/mol. The molecule has 0 N–H and O–H groups in total. The number of allylic oxidation sites excluding steroid dienone is 3. The van der Waals surface area contributed by atoms with Crippen LogP contribution in [-0.2, 0) is 0 Å². The minimum Gasteiger partial charge on any atom is -0.299 e. The van der Waals surface area contributed by atoms with E-state index in [1.165, 1.54) is 49.7 Å². The van der Waals surface area contributed by atoms with Gasteiger partial charge in [0.25, 0.3) is 0 Å². The Morgan fingerprint density at radius 2 is 1.74 bits per heavy atom. The van der Waals surface area contributed by atoms with E-state index in [1.54, 1.807) is 0 Å². The van der Waals surface area contributed by atoms with Crippen molar-refractivity contribution in [2.24, 2.45) is 10.8 Å². The fourth-order valence-electron chi connectivity index (χ4n) is 4.51. The first-order chi connectivity index (χ1) is 10.6. The van der Waals surface area contributed by atoms with Gasteiger partial charge < -0.3 is 0 Å². The van der Waals surface area contributed by atoms with Crippen molar-refractivity contribution < 1.29 is 0 Å². The molecule has 0 amide bonds. The molecule has 134 valence electrons. The van der Waals surface area contributed by atoms with Gasteiger partial charge >= 0.3 is 0 Å². The Labute approximate surface area is 146 Å². The normalized spacial score (nSPS) is 25.7. The summed E-state index contributed by atoms with van der Waals surface area (Å²) >= 11 is 0. The molecule has 0 saturated heterocycles. The maximum absolute atomic E-state index is 2.61. The third kappa shape index (κ3) is 5.21. The van der Waals surface area contributed by atoms with Crippen LogP contribution >= 0.6 is 0 Å². The second-order valence-corrected chi connectivity index (χ2v) is 8.89. The molecular formula is C22H41N. The average Bonchev–Trinajstić information content (AvgIpc) is 2.71. The molecule has 1 saturated carbocycles. The Morgan fingerprint density at radius 1 is 1.09 bits per heavy atom. The monoisotopic (exact) mass is 319 g/mol. The van der Waals surface area contributed by atoms with E-state index in [1.807, 2.05) is 0 Å². The van der Waals surface area contributed by atoms with Crippen molar-refractivity contribution in [2.75, 3.05) is 13.6 Å². The van der Waals surface area contributed by atoms with Crippen molar-refractivity contribution in [2.45, 2.75) is 93.0 Å². The summed E-state index contributed by atoms with van der Waals surface area (Å²) in [5.74, 6) is 0. The Bertz CT molecular complexity index is 425. The van der Waals surface area contributed by atoms with Crippen molar-refractivity contribution in [1.29, 1.82) is 0 Å². The van der Waals surface area contributed by atoms with Crippen LogP contribution < -0.4 is 0 Å². The fraction of sp³-hybridized carbons (Fsp3) is 0.818. The third-order valence-corrected chi connectivity index (χ3v) is 6.52. The van der Waals surface area contributed by atoms with E-state index >= 15 is 0 Å². The van der Waals surface area contributed by atoms with Gasteiger partial charge in [0.1, 0.15) is 0 Å². The van der Waals surface area contributed by atoms with E-state index in [9.17, 15) is 0 Å². The predicted octanol–water partition coefficient (Wildman–Crippen LogP) is 6.61. The lowest BCUT2D eigenvalue weighted by Gasteiger charge is -2.48. The Morgan fingerprint density at radius 3 is 2.22 bits per heavy atom. The first kappa shape index (κ1) is 20.5. The van der Waals surface area contributed by atoms with Gasteiger partial charge in [-0.3, -0.25) is 4.90 Å². The van der Waals surface area contributed by atoms with Gasteiger partial charge in [0, 0.05) is 12.6 Å². The van der Waals surface area contributed by atoms with Gasteiger partial charge in [0.05, 0.1) is 0 Å². The molecule has 1 heteroatoms. The molecule has 0 aromatic carbocycles. The molecule has 1 aliphatic rings. The van der Waals surface area contributed by atoms with E-state index < -0.39 is 0 Å². The average molecular weight is 320 g/mol. The van der Waals surface area contributed by atoms with Gasteiger partial charge in [-0.05, 0) is 70.8 Å². The standard InChI is InChI=1S/C22H41N/c1-9-20(22(7)16-11-15-21(22,5)6)23(8)17-14-19(4)13-10-12-18(2)3/h12,14,20H,9-11,13,15-17H2,1-8H3/b19-14+. The summed E-state index contributed by atoms with van der Waals surface area (Å²) in [7, 11) is 2.33. The lowest BCUT2D eigenvalue weighted by molar-refractivity contribution is 0.0181. The molecule has 1 fully saturated rings. The lowest BCUT2D eigenvalue weighted by atomic mass is 9.64. The maximum Gasteiger partial charge on any atom is 0.0165 e. The van der Waals surface area contributed by atoms with Crippen LogP contribution in [0.5, 0.6) is 0 Å². The molecule has 1 rings (SSSR count). The van der Waals surface area contributed by atoms with Gasteiger partial charge in [0.15, 0.2) is 0 Å². The summed E-state index contributed by atoms with van der Waals surface area (Å²) in [6.45, 7) is 17.6. The molecule has 0 aliphatic heterocycles. The van der Waals surface area contributed by atoms with E-state index in [-0.39, 0.29) is 0 Å². The molecule has 0 radical (unpaired) electrons. The van der Waals surface area contributed by atoms with Crippen molar-refractivity contribution in [3.8, 4) is 0 Å². The molecule has 23 heavy (non-hydrogen) atoms. The summed E-state index contributed by atoms with van der Waals surface area (Å²) in [4.78, 5) is 2.61. The summed E-state index contributed by atoms with van der Waals surface area (Å²) in [6, 6.07) is 0.682. The third-order valence-electron chi connectivity index (χ3n) is 6.52. The summed E-state index contributed by atoms with van der Waals surface area (Å²) in [5.41, 5.74) is 3.86. The van der Waals surface area contributed by atoms with Gasteiger partial charge in [-0.15, -0.1) is 0 Å². The van der Waals surface area contributed by atoms with Crippen LogP contribution in [0.15, 0.2) is 23.3 Å². The second kappa shape index (κ2) is 8.51. The molecule has 0 spiro atoms. The molecule has 0 bridgehead atoms. The molecule has 1 nitrogen and oxygen atoms in total. The summed E-state index contributed by atoms with van der Waals surface area (Å²) in [5, 5.41) is 0. The molecule has 0 aromatic heterocycles. The molecule has 0 heterocycles. The number of nitrogens with zero attached hydrogens (tertiary/aromatic N) is 1. The molecule has 2 atom stereocenters. The highest BCUT2D eigenvalue weighted by atomic mass is 15.1. The Hall–Kier alpha value is -0.560. The van der Waals surface area contributed by atoms with Crippen LogP contribution in [0.2, 0.25) is 0 Å². The number of rotatable bonds is 8. The smallest absolute Gasteiger partial charge is 0.0165 e. The minimum absolute atomic E-state index is 0.445. The minimum atomic E-state index is 0.445. The maximum atomic E-state index is 2.61. The van der Waals surface area contributed by atoms with Gasteiger partial charge in [-0.1, -0.05) is 57.4 Å². The number of hydrogen-bond acceptors (Lipinski definition) is 1. The number of hydrogen-bond donors (Lipinski definition) is 0. The molecule has 1 aliphatic carbocycles. The van der Waals surface area contributed by atoms with E-state index in [2.05, 4.69) is 72.6 Å². The largest absolute Gasteiger partial charge is 0.299 e. The van der Waals surface area contributed by atoms with Crippen LogP contribution in [-0.4, -0.2) is 24.5 Å². The van der Waals surface area contributed by atoms with Crippen molar-refractivity contribution in [1.82, 2.24) is 4.90 Å². The molecule has 0 aromatic rings. The zero-order valence-electron chi connectivity index (χ0n) is 17.1. The molecule has 2 unspecified atom stereocenters. The topological polar surface area (TPSA) is 3.24 Å². The van der Waals surface area contributed by atoms with E-state index in [4.69, 9.17) is 0 Å². The highest BCUT2D eigenvalue weighted by molar-refractivity contribution is 5.06. The van der Waals surface area contributed by atoms with E-state index in [0.717, 1.165) is 6.54 Å². The van der Waals surface area contributed by atoms with Crippen molar-refractivity contribution in [3.05, 3.63) is 23.3 Å². The fourth-order valence-corrected chi connectivity index (χ4v) is 4.51. The summed E-state index contributed by atoms with van der Waals surface area (Å²) in [6.07, 6.45) is 12.6. The SMILES string of the molecule is CCC(N(C)C/C=C(\C)CCC=C(C)C)C1(C)CCCC1(C)C. The highest BCUT2D eigenvalue weighted by Crippen LogP contribution is 2.55.